The van der Waals surface area contributed by atoms with Crippen molar-refractivity contribution in [3.8, 4) is 5.69 Å². The first kappa shape index (κ1) is 17.8. The maximum atomic E-state index is 6.23. The fourth-order valence-electron chi connectivity index (χ4n) is 4.64. The molecule has 0 atom stereocenters. The van der Waals surface area contributed by atoms with Crippen molar-refractivity contribution >= 4 is 11.6 Å². The Bertz CT molecular complexity index is 1010. The van der Waals surface area contributed by atoms with Crippen molar-refractivity contribution in [3.63, 3.8) is 0 Å². The summed E-state index contributed by atoms with van der Waals surface area (Å²) < 4.78 is 2.25. The molecule has 1 aromatic carbocycles. The van der Waals surface area contributed by atoms with Gasteiger partial charge in [-0.1, -0.05) is 11.6 Å². The van der Waals surface area contributed by atoms with Gasteiger partial charge >= 0.3 is 0 Å². The molecule has 1 aliphatic carbocycles. The zero-order valence-electron chi connectivity index (χ0n) is 15.9. The van der Waals surface area contributed by atoms with Gasteiger partial charge in [0.2, 0.25) is 0 Å². The number of nitrogens with one attached hydrogen (secondary N) is 1. The maximum absolute atomic E-state index is 6.23. The fourth-order valence-corrected chi connectivity index (χ4v) is 4.83. The van der Waals surface area contributed by atoms with Crippen molar-refractivity contribution in [3.05, 3.63) is 64.2 Å². The minimum absolute atomic E-state index is 0.413. The highest BCUT2D eigenvalue weighted by Crippen LogP contribution is 2.41. The lowest BCUT2D eigenvalue weighted by Gasteiger charge is -2.28. The molecule has 1 fully saturated rings. The van der Waals surface area contributed by atoms with Gasteiger partial charge in [0, 0.05) is 35.8 Å². The third-order valence-electron chi connectivity index (χ3n) is 6.03. The summed E-state index contributed by atoms with van der Waals surface area (Å²) in [6.07, 6.45) is 7.98. The van der Waals surface area contributed by atoms with Crippen molar-refractivity contribution in [2.45, 2.75) is 57.5 Å². The molecule has 0 unspecified atom stereocenters. The minimum Gasteiger partial charge on any atom is -0.306 e. The summed E-state index contributed by atoms with van der Waals surface area (Å²) in [5.41, 5.74) is 4.55. The quantitative estimate of drug-likeness (QED) is 0.709. The highest BCUT2D eigenvalue weighted by molar-refractivity contribution is 6.30. The molecule has 1 aliphatic heterocycles. The Morgan fingerprint density at radius 3 is 2.61 bits per heavy atom. The number of rotatable bonds is 2. The minimum atomic E-state index is 0.413. The van der Waals surface area contributed by atoms with Gasteiger partial charge in [-0.15, -0.1) is 10.2 Å². The van der Waals surface area contributed by atoms with E-state index in [4.69, 9.17) is 11.6 Å². The fraction of sp³-hybridized carbons (Fsp3) is 0.429. The van der Waals surface area contributed by atoms with Crippen LogP contribution in [0.15, 0.2) is 30.6 Å². The highest BCUT2D eigenvalue weighted by Gasteiger charge is 2.30. The molecule has 0 radical (unpaired) electrons. The van der Waals surface area contributed by atoms with Crippen LogP contribution in [0.2, 0.25) is 5.02 Å². The second-order valence-corrected chi connectivity index (χ2v) is 8.20. The molecule has 0 saturated heterocycles. The van der Waals surface area contributed by atoms with Crippen molar-refractivity contribution in [1.82, 2.24) is 30.0 Å². The molecule has 0 amide bonds. The van der Waals surface area contributed by atoms with Gasteiger partial charge in [0.15, 0.2) is 5.82 Å². The van der Waals surface area contributed by atoms with Crippen molar-refractivity contribution in [1.29, 1.82) is 0 Å². The summed E-state index contributed by atoms with van der Waals surface area (Å²) in [5, 5.41) is 13.3. The molecule has 2 aromatic heterocycles. The number of halogens is 1. The summed E-state index contributed by atoms with van der Waals surface area (Å²) >= 11 is 6.23. The zero-order chi connectivity index (χ0) is 19.1. The third-order valence-corrected chi connectivity index (χ3v) is 6.27. The van der Waals surface area contributed by atoms with Crippen molar-refractivity contribution < 1.29 is 0 Å². The first-order valence-corrected chi connectivity index (χ1v) is 10.3. The van der Waals surface area contributed by atoms with E-state index in [-0.39, 0.29) is 0 Å². The lowest BCUT2D eigenvalue weighted by Crippen LogP contribution is -2.18. The molecule has 2 aliphatic rings. The number of aryl methyl sites for hydroxylation is 1. The van der Waals surface area contributed by atoms with Gasteiger partial charge in [0.25, 0.3) is 0 Å². The molecule has 3 aromatic rings. The number of fused-ring (bicyclic) bond motifs is 3. The number of nitrogens with zero attached hydrogens (tertiary/aromatic N) is 5. The zero-order valence-corrected chi connectivity index (χ0v) is 16.7. The molecule has 5 rings (SSSR count). The van der Waals surface area contributed by atoms with E-state index in [9.17, 15) is 0 Å². The Kier molecular flexibility index (Phi) is 4.61. The van der Waals surface area contributed by atoms with E-state index in [1.165, 1.54) is 5.56 Å². The van der Waals surface area contributed by atoms with E-state index >= 15 is 0 Å². The van der Waals surface area contributed by atoms with Crippen LogP contribution in [0.3, 0.4) is 0 Å². The van der Waals surface area contributed by atoms with Crippen LogP contribution in [-0.4, -0.2) is 24.7 Å². The number of hydrogen-bond acceptors (Lipinski definition) is 5. The second kappa shape index (κ2) is 7.26. The van der Waals surface area contributed by atoms with Crippen LogP contribution in [-0.2, 0) is 13.1 Å². The number of aromatic nitrogens is 5. The van der Waals surface area contributed by atoms with Gasteiger partial charge in [-0.05, 0) is 56.4 Å². The smallest absolute Gasteiger partial charge is 0.151 e. The van der Waals surface area contributed by atoms with E-state index < -0.39 is 0 Å². The summed E-state index contributed by atoms with van der Waals surface area (Å²) in [5.74, 6) is 2.96. The van der Waals surface area contributed by atoms with Gasteiger partial charge in [-0.2, -0.15) is 0 Å². The topological polar surface area (TPSA) is 68.5 Å². The Labute approximate surface area is 169 Å². The van der Waals surface area contributed by atoms with Crippen LogP contribution in [0.25, 0.3) is 5.69 Å². The van der Waals surface area contributed by atoms with Crippen molar-refractivity contribution in [2.75, 3.05) is 0 Å². The molecule has 144 valence electrons. The molecular weight excluding hydrogens is 372 g/mol. The number of benzene rings is 1. The highest BCUT2D eigenvalue weighted by atomic mass is 35.5. The normalized spacial score (nSPS) is 21.6. The van der Waals surface area contributed by atoms with Crippen LogP contribution in [0.5, 0.6) is 0 Å². The first-order chi connectivity index (χ1) is 13.7. The van der Waals surface area contributed by atoms with Crippen molar-refractivity contribution in [2.24, 2.45) is 0 Å². The second-order valence-electron chi connectivity index (χ2n) is 7.76. The maximum Gasteiger partial charge on any atom is 0.151 e. The largest absolute Gasteiger partial charge is 0.306 e. The molecule has 6 nitrogen and oxygen atoms in total. The number of hydrogen-bond donors (Lipinski definition) is 1. The molecule has 0 spiro atoms. The first-order valence-electron chi connectivity index (χ1n) is 9.92. The van der Waals surface area contributed by atoms with Crippen LogP contribution in [0.1, 0.15) is 66.1 Å². The standard InChI is InChI=1S/C21H23ClN6/c1-13-20(25-9-8-24-13)14-2-4-15(5-3-14)21-27-26-19-12-23-11-16-10-17(22)6-7-18(16)28(19)21/h6-10,14-15,23H,2-5,11-12H2,1H3. The molecule has 7 heteroatoms. The van der Waals surface area contributed by atoms with Gasteiger partial charge in [-0.3, -0.25) is 14.5 Å². The van der Waals surface area contributed by atoms with Crippen LogP contribution in [0.4, 0.5) is 0 Å². The summed E-state index contributed by atoms with van der Waals surface area (Å²) in [6.45, 7) is 3.56. The Balaban J connectivity index is 1.43. The molecule has 1 saturated carbocycles. The summed E-state index contributed by atoms with van der Waals surface area (Å²) in [6, 6.07) is 6.08. The van der Waals surface area contributed by atoms with Crippen LogP contribution >= 0.6 is 11.6 Å². The Hall–Kier alpha value is -2.31. The van der Waals surface area contributed by atoms with E-state index in [1.54, 1.807) is 6.20 Å². The molecule has 1 N–H and O–H groups in total. The van der Waals surface area contributed by atoms with E-state index in [0.29, 0.717) is 18.4 Å². The van der Waals surface area contributed by atoms with E-state index in [0.717, 1.165) is 66.0 Å². The lowest BCUT2D eigenvalue weighted by atomic mass is 9.79. The molecular formula is C21H23ClN6. The average Bonchev–Trinajstić information content (AvgIpc) is 3.04. The van der Waals surface area contributed by atoms with E-state index in [2.05, 4.69) is 43.0 Å². The van der Waals surface area contributed by atoms with E-state index in [1.807, 2.05) is 18.3 Å². The average molecular weight is 395 g/mol. The van der Waals surface area contributed by atoms with Crippen LogP contribution in [0, 0.1) is 6.92 Å². The van der Waals surface area contributed by atoms with Gasteiger partial charge in [0.1, 0.15) is 5.82 Å². The third kappa shape index (κ3) is 3.10. The molecule has 3 heterocycles. The molecule has 0 bridgehead atoms. The summed E-state index contributed by atoms with van der Waals surface area (Å²) in [4.78, 5) is 9.01. The SMILES string of the molecule is Cc1nccnc1C1CCC(c2nnc3n2-c2ccc(Cl)cc2CNC3)CC1. The monoisotopic (exact) mass is 394 g/mol. The Morgan fingerprint density at radius 2 is 1.79 bits per heavy atom. The predicted octanol–water partition coefficient (Wildman–Crippen LogP) is 4.06. The predicted molar refractivity (Wildman–Crippen MR) is 108 cm³/mol. The van der Waals surface area contributed by atoms with Crippen LogP contribution < -0.4 is 5.32 Å². The van der Waals surface area contributed by atoms with Gasteiger partial charge < -0.3 is 5.32 Å². The molecule has 28 heavy (non-hydrogen) atoms. The Morgan fingerprint density at radius 1 is 1.00 bits per heavy atom. The van der Waals surface area contributed by atoms with Gasteiger partial charge in [-0.25, -0.2) is 0 Å². The van der Waals surface area contributed by atoms with Gasteiger partial charge in [0.05, 0.1) is 23.6 Å². The lowest BCUT2D eigenvalue weighted by molar-refractivity contribution is 0.375. The summed E-state index contributed by atoms with van der Waals surface area (Å²) in [7, 11) is 0.